The van der Waals surface area contributed by atoms with Crippen LogP contribution in [0.25, 0.3) is 0 Å². The first-order valence-corrected chi connectivity index (χ1v) is 6.49. The first-order valence-electron chi connectivity index (χ1n) is 6.11. The zero-order valence-electron chi connectivity index (χ0n) is 11.6. The van der Waals surface area contributed by atoms with Gasteiger partial charge in [0.1, 0.15) is 5.75 Å². The van der Waals surface area contributed by atoms with Gasteiger partial charge >= 0.3 is 12.1 Å². The lowest BCUT2D eigenvalue weighted by Crippen LogP contribution is -2.22. The van der Waals surface area contributed by atoms with E-state index in [1.807, 2.05) is 6.07 Å². The Balaban J connectivity index is 0.000000486. The lowest BCUT2D eigenvalue weighted by Gasteiger charge is -2.18. The van der Waals surface area contributed by atoms with E-state index in [-0.39, 0.29) is 0 Å². The maximum Gasteiger partial charge on any atom is 0.490 e. The third kappa shape index (κ3) is 7.77. The van der Waals surface area contributed by atoms with Gasteiger partial charge in [-0.3, -0.25) is 4.90 Å². The van der Waals surface area contributed by atoms with Gasteiger partial charge in [0.2, 0.25) is 0 Å². The number of halogens is 4. The maximum atomic E-state index is 10.6. The van der Waals surface area contributed by atoms with Crippen molar-refractivity contribution in [1.29, 1.82) is 0 Å². The molecular weight excluding hydrogens is 311 g/mol. The van der Waals surface area contributed by atoms with Crippen molar-refractivity contribution in [3.8, 4) is 5.75 Å². The summed E-state index contributed by atoms with van der Waals surface area (Å²) in [6, 6.07) is 5.15. The molecule has 1 aromatic rings. The van der Waals surface area contributed by atoms with Crippen LogP contribution in [0, 0.1) is 0 Å². The van der Waals surface area contributed by atoms with Crippen LogP contribution >= 0.6 is 11.6 Å². The highest BCUT2D eigenvalue weighted by atomic mass is 35.5. The summed E-state index contributed by atoms with van der Waals surface area (Å²) in [5.74, 6) is -2.44. The van der Waals surface area contributed by atoms with Gasteiger partial charge in [0.05, 0.1) is 0 Å². The predicted molar refractivity (Wildman–Crippen MR) is 73.4 cm³/mol. The van der Waals surface area contributed by atoms with Gasteiger partial charge in [-0.05, 0) is 31.3 Å². The van der Waals surface area contributed by atoms with Gasteiger partial charge in [-0.25, -0.2) is 4.79 Å². The second-order valence-corrected chi connectivity index (χ2v) is 4.47. The molecule has 0 spiro atoms. The van der Waals surface area contributed by atoms with Crippen molar-refractivity contribution in [2.24, 2.45) is 0 Å². The van der Waals surface area contributed by atoms with Crippen LogP contribution in [0.5, 0.6) is 5.75 Å². The van der Waals surface area contributed by atoms with Crippen molar-refractivity contribution >= 4 is 17.6 Å². The highest BCUT2D eigenvalue weighted by molar-refractivity contribution is 6.30. The first kappa shape index (κ1) is 19.5. The smallest absolute Gasteiger partial charge is 0.490 e. The summed E-state index contributed by atoms with van der Waals surface area (Å²) in [7, 11) is 0. The van der Waals surface area contributed by atoms with Crippen molar-refractivity contribution in [3.05, 3.63) is 28.8 Å². The van der Waals surface area contributed by atoms with Crippen LogP contribution in [0.1, 0.15) is 19.4 Å². The molecule has 0 aliphatic heterocycles. The average Bonchev–Trinajstić information content (AvgIpc) is 2.39. The number of benzene rings is 1. The monoisotopic (exact) mass is 327 g/mol. The van der Waals surface area contributed by atoms with Gasteiger partial charge in [0, 0.05) is 17.1 Å². The van der Waals surface area contributed by atoms with Crippen molar-refractivity contribution in [1.82, 2.24) is 4.90 Å². The molecule has 1 aromatic carbocycles. The number of carboxylic acids is 1. The standard InChI is InChI=1S/C11H16ClNO.C2HF3O2/c1-3-13(4-2)8-9-7-10(12)5-6-11(9)14;3-2(4,5)1(6)7/h5-7,14H,3-4,8H2,1-2H3;(H,6,7). The Kier molecular flexibility index (Phi) is 8.12. The quantitative estimate of drug-likeness (QED) is 0.888. The molecule has 0 atom stereocenters. The van der Waals surface area contributed by atoms with E-state index in [9.17, 15) is 18.3 Å². The largest absolute Gasteiger partial charge is 0.508 e. The Morgan fingerprint density at radius 1 is 1.29 bits per heavy atom. The van der Waals surface area contributed by atoms with E-state index in [1.54, 1.807) is 12.1 Å². The van der Waals surface area contributed by atoms with Crippen LogP contribution in [-0.4, -0.2) is 40.3 Å². The number of nitrogens with zero attached hydrogens (tertiary/aromatic N) is 1. The molecule has 0 aliphatic rings. The molecule has 0 saturated carbocycles. The molecule has 1 rings (SSSR count). The van der Waals surface area contributed by atoms with Crippen molar-refractivity contribution in [2.45, 2.75) is 26.6 Å². The Morgan fingerprint density at radius 2 is 1.76 bits per heavy atom. The van der Waals surface area contributed by atoms with Crippen molar-refractivity contribution in [3.63, 3.8) is 0 Å². The molecule has 0 unspecified atom stereocenters. The SMILES string of the molecule is CCN(CC)Cc1cc(Cl)ccc1O.O=C(O)C(F)(F)F. The van der Waals surface area contributed by atoms with Crippen LogP contribution in [0.2, 0.25) is 5.02 Å². The number of hydrogen-bond donors (Lipinski definition) is 2. The van der Waals surface area contributed by atoms with E-state index < -0.39 is 12.1 Å². The summed E-state index contributed by atoms with van der Waals surface area (Å²) in [5, 5.41) is 17.4. The van der Waals surface area contributed by atoms with Crippen molar-refractivity contribution < 1.29 is 28.2 Å². The molecule has 8 heteroatoms. The number of aromatic hydroxyl groups is 1. The summed E-state index contributed by atoms with van der Waals surface area (Å²) >= 11 is 5.86. The predicted octanol–water partition coefficient (Wildman–Crippen LogP) is 3.52. The summed E-state index contributed by atoms with van der Waals surface area (Å²) < 4.78 is 31.7. The van der Waals surface area contributed by atoms with Crippen LogP contribution < -0.4 is 0 Å². The Morgan fingerprint density at radius 3 is 2.14 bits per heavy atom. The topological polar surface area (TPSA) is 60.8 Å². The molecule has 4 nitrogen and oxygen atoms in total. The van der Waals surface area contributed by atoms with Gasteiger partial charge in [0.25, 0.3) is 0 Å². The number of phenols is 1. The highest BCUT2D eigenvalue weighted by Crippen LogP contribution is 2.22. The summed E-state index contributed by atoms with van der Waals surface area (Å²) in [6.45, 7) is 6.90. The number of hydrogen-bond acceptors (Lipinski definition) is 3. The molecule has 0 bridgehead atoms. The van der Waals surface area contributed by atoms with Crippen LogP contribution in [-0.2, 0) is 11.3 Å². The fourth-order valence-electron chi connectivity index (χ4n) is 1.37. The number of aliphatic carboxylic acids is 1. The number of carbonyl (C=O) groups is 1. The fraction of sp³-hybridized carbons (Fsp3) is 0.462. The molecule has 0 aromatic heterocycles. The van der Waals surface area contributed by atoms with E-state index in [1.165, 1.54) is 0 Å². The molecule has 0 amide bonds. The molecule has 0 heterocycles. The highest BCUT2D eigenvalue weighted by Gasteiger charge is 2.38. The van der Waals surface area contributed by atoms with E-state index in [4.69, 9.17) is 21.5 Å². The lowest BCUT2D eigenvalue weighted by atomic mass is 10.2. The summed E-state index contributed by atoms with van der Waals surface area (Å²) in [5.41, 5.74) is 0.890. The maximum absolute atomic E-state index is 10.6. The molecule has 0 fully saturated rings. The molecule has 0 radical (unpaired) electrons. The average molecular weight is 328 g/mol. The van der Waals surface area contributed by atoms with Crippen molar-refractivity contribution in [2.75, 3.05) is 13.1 Å². The molecular formula is C13H17ClF3NO3. The third-order valence-corrected chi connectivity index (χ3v) is 2.81. The van der Waals surface area contributed by atoms with E-state index in [0.717, 1.165) is 25.2 Å². The zero-order valence-corrected chi connectivity index (χ0v) is 12.4. The number of phenolic OH excluding ortho intramolecular Hbond substituents is 1. The zero-order chi connectivity index (χ0) is 16.6. The van der Waals surface area contributed by atoms with Gasteiger partial charge in [-0.15, -0.1) is 0 Å². The fourth-order valence-corrected chi connectivity index (χ4v) is 1.56. The van der Waals surface area contributed by atoms with Gasteiger partial charge in [0.15, 0.2) is 0 Å². The van der Waals surface area contributed by atoms with Gasteiger partial charge in [-0.2, -0.15) is 13.2 Å². The molecule has 0 saturated heterocycles. The number of carboxylic acid groups (broad SMARTS) is 1. The second-order valence-electron chi connectivity index (χ2n) is 4.04. The van der Waals surface area contributed by atoms with E-state index in [2.05, 4.69) is 18.7 Å². The molecule has 2 N–H and O–H groups in total. The number of alkyl halides is 3. The lowest BCUT2D eigenvalue weighted by molar-refractivity contribution is -0.192. The van der Waals surface area contributed by atoms with Crippen LogP contribution in [0.4, 0.5) is 13.2 Å². The third-order valence-electron chi connectivity index (χ3n) is 2.57. The minimum absolute atomic E-state index is 0.321. The Bertz CT molecular complexity index is 462. The first-order chi connectivity index (χ1) is 9.61. The minimum atomic E-state index is -5.08. The minimum Gasteiger partial charge on any atom is -0.508 e. The molecule has 120 valence electrons. The summed E-state index contributed by atoms with van der Waals surface area (Å²) in [4.78, 5) is 11.1. The normalized spacial score (nSPS) is 11.0. The van der Waals surface area contributed by atoms with E-state index >= 15 is 0 Å². The van der Waals surface area contributed by atoms with Crippen LogP contribution in [0.3, 0.4) is 0 Å². The van der Waals surface area contributed by atoms with Gasteiger partial charge < -0.3 is 10.2 Å². The van der Waals surface area contributed by atoms with Gasteiger partial charge in [-0.1, -0.05) is 25.4 Å². The molecule has 0 aliphatic carbocycles. The second kappa shape index (κ2) is 8.74. The Hall–Kier alpha value is -1.47. The van der Waals surface area contributed by atoms with Crippen LogP contribution in [0.15, 0.2) is 18.2 Å². The molecule has 21 heavy (non-hydrogen) atoms. The number of rotatable bonds is 4. The Labute approximate surface area is 125 Å². The summed E-state index contributed by atoms with van der Waals surface area (Å²) in [6.07, 6.45) is -5.08. The van der Waals surface area contributed by atoms with E-state index in [0.29, 0.717) is 10.8 Å².